The summed E-state index contributed by atoms with van der Waals surface area (Å²) in [6.07, 6.45) is 47.0. The Balaban J connectivity index is 1.28. The molecule has 1 fully saturated rings. The Morgan fingerprint density at radius 2 is 1.01 bits per heavy atom. The highest BCUT2D eigenvalue weighted by Crippen LogP contribution is 2.44. The van der Waals surface area contributed by atoms with Gasteiger partial charge >= 0.3 is 12.2 Å². The molecule has 76 heavy (non-hydrogen) atoms. The van der Waals surface area contributed by atoms with Gasteiger partial charge in [0.2, 0.25) is 5.91 Å². The Bertz CT molecular complexity index is 1900. The number of hydrogen-bond donors (Lipinski definition) is 2. The van der Waals surface area contributed by atoms with Crippen LogP contribution in [-0.2, 0) is 23.7 Å². The van der Waals surface area contributed by atoms with E-state index in [1.165, 1.54) is 103 Å². The zero-order chi connectivity index (χ0) is 54.3. The number of carbonyl (C=O) groups excluding carboxylic acids is 3. The maximum Gasteiger partial charge on any atom is 0.407 e. The lowest BCUT2D eigenvalue weighted by Gasteiger charge is -2.25. The zero-order valence-electron chi connectivity index (χ0n) is 48.2. The van der Waals surface area contributed by atoms with Gasteiger partial charge in [0.25, 0.3) is 0 Å². The summed E-state index contributed by atoms with van der Waals surface area (Å²) in [5, 5.41) is 5.79. The summed E-state index contributed by atoms with van der Waals surface area (Å²) in [6, 6.07) is 15.7. The molecule has 1 saturated heterocycles. The molecular weight excluding hydrogens is 947 g/mol. The van der Waals surface area contributed by atoms with Gasteiger partial charge in [-0.15, -0.1) is 0 Å². The standard InChI is InChI=1S/C66H103N3O7/c1-6-8-10-12-14-16-18-20-22-24-26-28-30-32-34-42-50-73-61-52-69(53-62(61)74-51-43-35-33-31-29-27-25-23-21-19-17-15-13-11-9-7-2)63(70)60(48-40-41-49-67-64(71)76-66(3,4)5)68-65(72)75-54-59-57-46-38-36-44-55(57)56-45-37-39-47-58(56)59/h14-17,20-23,36-39,44-47,59-62H,6-13,18-19,24-35,40-43,48-54H2,1-5H3,(H,67,71)(H,68,72)/t60-,61?,62?/m0/s1. The van der Waals surface area contributed by atoms with Crippen molar-refractivity contribution in [1.29, 1.82) is 0 Å². The molecule has 3 amide bonds. The number of nitrogens with one attached hydrogen (secondary N) is 2. The van der Waals surface area contributed by atoms with Crippen LogP contribution in [0.2, 0.25) is 0 Å². The lowest BCUT2D eigenvalue weighted by atomic mass is 9.98. The molecule has 2 N–H and O–H groups in total. The van der Waals surface area contributed by atoms with Crippen LogP contribution in [0.5, 0.6) is 0 Å². The Labute approximate surface area is 461 Å². The maximum atomic E-state index is 14.6. The predicted molar refractivity (Wildman–Crippen MR) is 315 cm³/mol. The topological polar surface area (TPSA) is 115 Å². The molecule has 2 aromatic carbocycles. The number of carbonyl (C=O) groups is 3. The number of nitrogens with zero attached hydrogens (tertiary/aromatic N) is 1. The second-order valence-corrected chi connectivity index (χ2v) is 22.2. The van der Waals surface area contributed by atoms with Gasteiger partial charge in [-0.25, -0.2) is 9.59 Å². The van der Waals surface area contributed by atoms with Crippen LogP contribution in [0.4, 0.5) is 9.59 Å². The van der Waals surface area contributed by atoms with Crippen LogP contribution in [0.25, 0.3) is 11.1 Å². The van der Waals surface area contributed by atoms with E-state index in [0.29, 0.717) is 52.1 Å². The SMILES string of the molecule is CCCCCC=CCC=CCCCCCCCCOC1CN(C(=O)[C@H](CCCCNC(=O)OC(C)(C)C)NC(=O)OCC2c3ccccc3-c3ccccc32)CC1OCCCCCCCCC=CCC=CCCCCC. The van der Waals surface area contributed by atoms with Crippen LogP contribution in [-0.4, -0.2) is 86.3 Å². The number of amides is 3. The van der Waals surface area contributed by atoms with Crippen molar-refractivity contribution in [1.82, 2.24) is 15.5 Å². The van der Waals surface area contributed by atoms with E-state index in [0.717, 1.165) is 73.6 Å². The number of hydrogen-bond acceptors (Lipinski definition) is 7. The van der Waals surface area contributed by atoms with Crippen molar-refractivity contribution in [3.63, 3.8) is 0 Å². The summed E-state index contributed by atoms with van der Waals surface area (Å²) < 4.78 is 24.5. The van der Waals surface area contributed by atoms with E-state index in [-0.39, 0.29) is 30.6 Å². The van der Waals surface area contributed by atoms with Crippen molar-refractivity contribution in [3.8, 4) is 11.1 Å². The largest absolute Gasteiger partial charge is 0.449 e. The molecule has 0 saturated carbocycles. The van der Waals surface area contributed by atoms with E-state index in [4.69, 9.17) is 18.9 Å². The van der Waals surface area contributed by atoms with Crippen LogP contribution in [0.1, 0.15) is 225 Å². The summed E-state index contributed by atoms with van der Waals surface area (Å²) in [7, 11) is 0. The molecule has 10 nitrogen and oxygen atoms in total. The fraction of sp³-hybridized carbons (Fsp3) is 0.652. The molecule has 1 aliphatic heterocycles. The first-order valence-electron chi connectivity index (χ1n) is 30.3. The van der Waals surface area contributed by atoms with Crippen LogP contribution < -0.4 is 10.6 Å². The zero-order valence-corrected chi connectivity index (χ0v) is 48.2. The molecular formula is C66H103N3O7. The van der Waals surface area contributed by atoms with E-state index >= 15 is 0 Å². The summed E-state index contributed by atoms with van der Waals surface area (Å²) in [4.78, 5) is 42.5. The molecule has 3 atom stereocenters. The highest BCUT2D eigenvalue weighted by Gasteiger charge is 2.39. The molecule has 2 aromatic rings. The van der Waals surface area contributed by atoms with Crippen molar-refractivity contribution in [2.24, 2.45) is 0 Å². The lowest BCUT2D eigenvalue weighted by Crippen LogP contribution is -2.48. The average molecular weight is 1050 g/mol. The van der Waals surface area contributed by atoms with Crippen LogP contribution in [0.3, 0.4) is 0 Å². The van der Waals surface area contributed by atoms with Crippen LogP contribution >= 0.6 is 0 Å². The Morgan fingerprint density at radius 1 is 0.566 bits per heavy atom. The minimum Gasteiger partial charge on any atom is -0.449 e. The molecule has 1 aliphatic carbocycles. The number of ether oxygens (including phenoxy) is 4. The number of allylic oxidation sites excluding steroid dienone is 8. The van der Waals surface area contributed by atoms with E-state index < -0.39 is 23.8 Å². The molecule has 0 aromatic heterocycles. The smallest absolute Gasteiger partial charge is 0.407 e. The van der Waals surface area contributed by atoms with Gasteiger partial charge in [-0.1, -0.05) is 188 Å². The third-order valence-corrected chi connectivity index (χ3v) is 14.4. The van der Waals surface area contributed by atoms with E-state index in [9.17, 15) is 14.4 Å². The quantitative estimate of drug-likeness (QED) is 0.0503. The molecule has 2 unspecified atom stereocenters. The monoisotopic (exact) mass is 1050 g/mol. The van der Waals surface area contributed by atoms with Crippen molar-refractivity contribution in [2.45, 2.75) is 238 Å². The minimum absolute atomic E-state index is 0.102. The molecule has 0 radical (unpaired) electrons. The molecule has 424 valence electrons. The van der Waals surface area contributed by atoms with Crippen LogP contribution in [0, 0.1) is 0 Å². The number of fused-ring (bicyclic) bond motifs is 3. The van der Waals surface area contributed by atoms with E-state index in [1.54, 1.807) is 0 Å². The molecule has 2 aliphatic rings. The van der Waals surface area contributed by atoms with E-state index in [1.807, 2.05) is 49.9 Å². The number of rotatable bonds is 41. The fourth-order valence-electron chi connectivity index (χ4n) is 10.1. The summed E-state index contributed by atoms with van der Waals surface area (Å²) in [5.41, 5.74) is 3.96. The summed E-state index contributed by atoms with van der Waals surface area (Å²) in [6.45, 7) is 12.6. The van der Waals surface area contributed by atoms with Crippen LogP contribution in [0.15, 0.2) is 97.1 Å². The number of unbranched alkanes of at least 4 members (excludes halogenated alkanes) is 19. The minimum atomic E-state index is -0.822. The highest BCUT2D eigenvalue weighted by molar-refractivity contribution is 5.86. The fourth-order valence-corrected chi connectivity index (χ4v) is 10.1. The van der Waals surface area contributed by atoms with Crippen molar-refractivity contribution < 1.29 is 33.3 Å². The van der Waals surface area contributed by atoms with Crippen molar-refractivity contribution >= 4 is 18.1 Å². The second kappa shape index (κ2) is 39.7. The lowest BCUT2D eigenvalue weighted by molar-refractivity contribution is -0.133. The Kier molecular flexibility index (Phi) is 33.3. The van der Waals surface area contributed by atoms with E-state index in [2.05, 4.69) is 97.4 Å². The normalized spacial score (nSPS) is 16.1. The van der Waals surface area contributed by atoms with Crippen molar-refractivity contribution in [2.75, 3.05) is 39.5 Å². The van der Waals surface area contributed by atoms with Gasteiger partial charge in [-0.2, -0.15) is 0 Å². The summed E-state index contributed by atoms with van der Waals surface area (Å²) in [5.74, 6) is -0.272. The van der Waals surface area contributed by atoms with Gasteiger partial charge in [0.15, 0.2) is 0 Å². The summed E-state index contributed by atoms with van der Waals surface area (Å²) >= 11 is 0. The molecule has 10 heteroatoms. The van der Waals surface area contributed by atoms with Gasteiger partial charge in [-0.3, -0.25) is 4.79 Å². The first kappa shape index (κ1) is 63.9. The van der Waals surface area contributed by atoms with Gasteiger partial charge in [0.05, 0.1) is 0 Å². The third kappa shape index (κ3) is 27.1. The number of alkyl carbamates (subject to hydrolysis) is 2. The van der Waals surface area contributed by atoms with Gasteiger partial charge in [0.1, 0.15) is 30.5 Å². The Hall–Kier alpha value is -4.67. The number of likely N-dealkylation sites (tertiary alicyclic amines) is 1. The van der Waals surface area contributed by atoms with Crippen molar-refractivity contribution in [3.05, 3.63) is 108 Å². The maximum absolute atomic E-state index is 14.6. The average Bonchev–Trinajstić information content (AvgIpc) is 4.00. The molecule has 0 bridgehead atoms. The predicted octanol–water partition coefficient (Wildman–Crippen LogP) is 16.8. The second-order valence-electron chi connectivity index (χ2n) is 22.2. The van der Waals surface area contributed by atoms with Gasteiger partial charge in [-0.05, 0) is 139 Å². The molecule has 4 rings (SSSR count). The molecule has 1 heterocycles. The Morgan fingerprint density at radius 3 is 1.49 bits per heavy atom. The molecule has 0 spiro atoms. The number of benzene rings is 2. The first-order valence-corrected chi connectivity index (χ1v) is 30.3. The van der Waals surface area contributed by atoms with Gasteiger partial charge in [0, 0.05) is 38.8 Å². The highest BCUT2D eigenvalue weighted by atomic mass is 16.6. The van der Waals surface area contributed by atoms with Gasteiger partial charge < -0.3 is 34.5 Å². The third-order valence-electron chi connectivity index (χ3n) is 14.4. The first-order chi connectivity index (χ1) is 37.1.